The van der Waals surface area contributed by atoms with Gasteiger partial charge in [0.15, 0.2) is 0 Å². The summed E-state index contributed by atoms with van der Waals surface area (Å²) >= 11 is 7.48. The molecule has 0 bridgehead atoms. The molecule has 1 aliphatic rings. The Hall–Kier alpha value is -1.01. The highest BCUT2D eigenvalue weighted by atomic mass is 35.5. The molecule has 116 valence electrons. The molecule has 1 fully saturated rings. The van der Waals surface area contributed by atoms with Crippen LogP contribution in [0, 0.1) is 5.92 Å². The van der Waals surface area contributed by atoms with Gasteiger partial charge in [-0.1, -0.05) is 11.6 Å². The molecule has 0 aliphatic carbocycles. The van der Waals surface area contributed by atoms with Crippen molar-refractivity contribution < 1.29 is 9.53 Å². The molecule has 1 aliphatic heterocycles. The SMILES string of the molecule is CC(C)(C)OC(=O)N1CC[C@@H](CSc2cc(Cl)ncn2)C1. The van der Waals surface area contributed by atoms with Crippen molar-refractivity contribution in [3.05, 3.63) is 17.5 Å². The minimum Gasteiger partial charge on any atom is -0.444 e. The Bertz CT molecular complexity index is 507. The van der Waals surface area contributed by atoms with Crippen LogP contribution in [0.2, 0.25) is 5.15 Å². The van der Waals surface area contributed by atoms with Crippen LogP contribution in [0.25, 0.3) is 0 Å². The van der Waals surface area contributed by atoms with E-state index in [0.29, 0.717) is 11.1 Å². The van der Waals surface area contributed by atoms with Crippen molar-refractivity contribution in [2.75, 3.05) is 18.8 Å². The first-order valence-corrected chi connectivity index (χ1v) is 8.28. The molecule has 0 spiro atoms. The van der Waals surface area contributed by atoms with Gasteiger partial charge in [-0.2, -0.15) is 0 Å². The molecule has 2 rings (SSSR count). The summed E-state index contributed by atoms with van der Waals surface area (Å²) in [5.41, 5.74) is -0.443. The molecule has 21 heavy (non-hydrogen) atoms. The topological polar surface area (TPSA) is 55.3 Å². The number of amides is 1. The first-order valence-electron chi connectivity index (χ1n) is 6.92. The maximum Gasteiger partial charge on any atom is 0.410 e. The minimum atomic E-state index is -0.443. The smallest absolute Gasteiger partial charge is 0.410 e. The highest BCUT2D eigenvalue weighted by molar-refractivity contribution is 7.99. The molecule has 1 saturated heterocycles. The summed E-state index contributed by atoms with van der Waals surface area (Å²) in [6.07, 6.45) is 2.23. The molecule has 1 aromatic heterocycles. The van der Waals surface area contributed by atoms with Crippen molar-refractivity contribution in [3.63, 3.8) is 0 Å². The van der Waals surface area contributed by atoms with Crippen LogP contribution >= 0.6 is 23.4 Å². The molecule has 0 N–H and O–H groups in total. The zero-order valence-electron chi connectivity index (χ0n) is 12.5. The number of carbonyl (C=O) groups is 1. The minimum absolute atomic E-state index is 0.222. The van der Waals surface area contributed by atoms with Crippen LogP contribution in [0.5, 0.6) is 0 Å². The highest BCUT2D eigenvalue weighted by Gasteiger charge is 2.29. The van der Waals surface area contributed by atoms with Gasteiger partial charge in [0, 0.05) is 24.9 Å². The maximum absolute atomic E-state index is 12.0. The fourth-order valence-electron chi connectivity index (χ4n) is 2.06. The lowest BCUT2D eigenvalue weighted by Gasteiger charge is -2.24. The predicted molar refractivity (Wildman–Crippen MR) is 83.7 cm³/mol. The van der Waals surface area contributed by atoms with Crippen LogP contribution < -0.4 is 0 Å². The lowest BCUT2D eigenvalue weighted by molar-refractivity contribution is 0.0289. The Balaban J connectivity index is 1.79. The molecule has 0 aromatic carbocycles. The first kappa shape index (κ1) is 16.4. The number of rotatable bonds is 3. The molecule has 1 aromatic rings. The second kappa shape index (κ2) is 6.83. The Kier molecular flexibility index (Phi) is 5.32. The predicted octanol–water partition coefficient (Wildman–Crippen LogP) is 3.48. The summed E-state index contributed by atoms with van der Waals surface area (Å²) < 4.78 is 5.39. The molecular formula is C14H20ClN3O2S. The van der Waals surface area contributed by atoms with Gasteiger partial charge in [-0.05, 0) is 33.1 Å². The van der Waals surface area contributed by atoms with E-state index in [1.165, 1.54) is 6.33 Å². The van der Waals surface area contributed by atoms with Crippen LogP contribution in [-0.2, 0) is 4.74 Å². The van der Waals surface area contributed by atoms with E-state index in [2.05, 4.69) is 9.97 Å². The zero-order chi connectivity index (χ0) is 15.5. The van der Waals surface area contributed by atoms with Crippen molar-refractivity contribution >= 4 is 29.5 Å². The quantitative estimate of drug-likeness (QED) is 0.627. The number of likely N-dealkylation sites (tertiary alicyclic amines) is 1. The Morgan fingerprint density at radius 2 is 2.29 bits per heavy atom. The van der Waals surface area contributed by atoms with Gasteiger partial charge in [-0.3, -0.25) is 0 Å². The van der Waals surface area contributed by atoms with Crippen LogP contribution in [0.3, 0.4) is 0 Å². The van der Waals surface area contributed by atoms with E-state index in [1.807, 2.05) is 20.8 Å². The molecular weight excluding hydrogens is 310 g/mol. The number of aromatic nitrogens is 2. The number of hydrogen-bond acceptors (Lipinski definition) is 5. The van der Waals surface area contributed by atoms with Crippen molar-refractivity contribution in [3.8, 4) is 0 Å². The lowest BCUT2D eigenvalue weighted by Crippen LogP contribution is -2.35. The Labute approximate surface area is 134 Å². The van der Waals surface area contributed by atoms with E-state index >= 15 is 0 Å². The first-order chi connectivity index (χ1) is 9.83. The van der Waals surface area contributed by atoms with E-state index in [1.54, 1.807) is 22.7 Å². The highest BCUT2D eigenvalue weighted by Crippen LogP contribution is 2.26. The number of nitrogens with zero attached hydrogens (tertiary/aromatic N) is 3. The summed E-state index contributed by atoms with van der Waals surface area (Å²) in [4.78, 5) is 21.8. The monoisotopic (exact) mass is 329 g/mol. The van der Waals surface area contributed by atoms with Crippen LogP contribution in [0.15, 0.2) is 17.4 Å². The van der Waals surface area contributed by atoms with Crippen molar-refractivity contribution in [2.24, 2.45) is 5.92 Å². The van der Waals surface area contributed by atoms with Crippen molar-refractivity contribution in [1.29, 1.82) is 0 Å². The summed E-state index contributed by atoms with van der Waals surface area (Å²) in [5, 5.41) is 1.32. The van der Waals surface area contributed by atoms with Gasteiger partial charge in [0.25, 0.3) is 0 Å². The Morgan fingerprint density at radius 3 is 2.95 bits per heavy atom. The summed E-state index contributed by atoms with van der Waals surface area (Å²) in [6, 6.07) is 1.76. The fraction of sp³-hybridized carbons (Fsp3) is 0.643. The summed E-state index contributed by atoms with van der Waals surface area (Å²) in [6.45, 7) is 7.14. The van der Waals surface area contributed by atoms with Gasteiger partial charge in [-0.15, -0.1) is 11.8 Å². The van der Waals surface area contributed by atoms with Crippen LogP contribution in [0.1, 0.15) is 27.2 Å². The molecule has 1 atom stereocenters. The van der Waals surface area contributed by atoms with E-state index in [-0.39, 0.29) is 6.09 Å². The van der Waals surface area contributed by atoms with E-state index in [0.717, 1.165) is 30.3 Å². The van der Waals surface area contributed by atoms with E-state index in [4.69, 9.17) is 16.3 Å². The number of hydrogen-bond donors (Lipinski definition) is 0. The van der Waals surface area contributed by atoms with Gasteiger partial charge in [0.1, 0.15) is 22.1 Å². The second-order valence-electron chi connectivity index (χ2n) is 6.07. The molecule has 5 nitrogen and oxygen atoms in total. The standard InChI is InChI=1S/C14H20ClN3O2S/c1-14(2,3)20-13(19)18-5-4-10(7-18)8-21-12-6-11(15)16-9-17-12/h6,9-10H,4-5,7-8H2,1-3H3/t10-/m1/s1. The second-order valence-corrected chi connectivity index (χ2v) is 7.50. The third-order valence-electron chi connectivity index (χ3n) is 3.01. The number of halogens is 1. The summed E-state index contributed by atoms with van der Waals surface area (Å²) in [7, 11) is 0. The van der Waals surface area contributed by atoms with Gasteiger partial charge >= 0.3 is 6.09 Å². The molecule has 1 amide bonds. The maximum atomic E-state index is 12.0. The van der Waals surface area contributed by atoms with Crippen LogP contribution in [0.4, 0.5) is 4.79 Å². The average molecular weight is 330 g/mol. The zero-order valence-corrected chi connectivity index (χ0v) is 14.1. The van der Waals surface area contributed by atoms with Gasteiger partial charge in [0.05, 0.1) is 0 Å². The van der Waals surface area contributed by atoms with Crippen molar-refractivity contribution in [2.45, 2.75) is 37.8 Å². The molecule has 2 heterocycles. The molecule has 7 heteroatoms. The van der Waals surface area contributed by atoms with Gasteiger partial charge in [-0.25, -0.2) is 14.8 Å². The largest absolute Gasteiger partial charge is 0.444 e. The van der Waals surface area contributed by atoms with Gasteiger partial charge < -0.3 is 9.64 Å². The van der Waals surface area contributed by atoms with Gasteiger partial charge in [0.2, 0.25) is 0 Å². The van der Waals surface area contributed by atoms with E-state index < -0.39 is 5.60 Å². The van der Waals surface area contributed by atoms with Crippen LogP contribution in [-0.4, -0.2) is 45.4 Å². The number of ether oxygens (including phenoxy) is 1. The third-order valence-corrected chi connectivity index (χ3v) is 4.38. The van der Waals surface area contributed by atoms with Crippen molar-refractivity contribution in [1.82, 2.24) is 14.9 Å². The third kappa shape index (κ3) is 5.36. The van der Waals surface area contributed by atoms with E-state index in [9.17, 15) is 4.79 Å². The summed E-state index contributed by atoms with van der Waals surface area (Å²) in [5.74, 6) is 1.36. The molecule has 0 unspecified atom stereocenters. The fourth-order valence-corrected chi connectivity index (χ4v) is 3.27. The molecule has 0 saturated carbocycles. The lowest BCUT2D eigenvalue weighted by atomic mass is 10.2. The molecule has 0 radical (unpaired) electrons. The Morgan fingerprint density at radius 1 is 1.52 bits per heavy atom. The number of thioether (sulfide) groups is 1. The number of carbonyl (C=O) groups excluding carboxylic acids is 1. The normalized spacial score (nSPS) is 18.9. The average Bonchev–Trinajstić information content (AvgIpc) is 2.83.